The fourth-order valence-electron chi connectivity index (χ4n) is 1.69. The fourth-order valence-corrected chi connectivity index (χ4v) is 2.99. The highest BCUT2D eigenvalue weighted by Crippen LogP contribution is 2.25. The smallest absolute Gasteiger partial charge is 0.300 e. The molecule has 0 atom stereocenters. The lowest BCUT2D eigenvalue weighted by Gasteiger charge is -2.16. The van der Waals surface area contributed by atoms with Gasteiger partial charge in [0, 0.05) is 11.9 Å². The number of amides is 1. The molecule has 0 saturated carbocycles. The van der Waals surface area contributed by atoms with Gasteiger partial charge in [-0.05, 0) is 18.2 Å². The van der Waals surface area contributed by atoms with Gasteiger partial charge in [-0.2, -0.15) is 0 Å². The quantitative estimate of drug-likeness (QED) is 0.481. The topological polar surface area (TPSA) is 76.3 Å². The maximum atomic E-state index is 12.3. The highest BCUT2D eigenvalue weighted by molar-refractivity contribution is 7.16. The largest absolute Gasteiger partial charge is 0.336 e. The van der Waals surface area contributed by atoms with Gasteiger partial charge in [-0.15, -0.1) is 11.3 Å². The van der Waals surface area contributed by atoms with Crippen LogP contribution in [-0.4, -0.2) is 27.8 Å². The van der Waals surface area contributed by atoms with Crippen LogP contribution in [0.5, 0.6) is 0 Å². The van der Waals surface area contributed by atoms with Crippen molar-refractivity contribution in [2.75, 3.05) is 7.05 Å². The number of rotatable bonds is 4. The van der Waals surface area contributed by atoms with Crippen LogP contribution in [-0.2, 0) is 6.54 Å². The molecular formula is C12H9Cl2N3O3S. The Morgan fingerprint density at radius 3 is 2.76 bits per heavy atom. The van der Waals surface area contributed by atoms with Crippen LogP contribution < -0.4 is 0 Å². The van der Waals surface area contributed by atoms with Crippen molar-refractivity contribution in [1.82, 2.24) is 9.88 Å². The number of halogens is 2. The van der Waals surface area contributed by atoms with Crippen LogP contribution in [0.25, 0.3) is 0 Å². The molecule has 0 N–H and O–H groups in total. The first-order valence-electron chi connectivity index (χ1n) is 5.68. The van der Waals surface area contributed by atoms with Crippen molar-refractivity contribution >= 4 is 46.1 Å². The molecule has 2 rings (SSSR count). The number of nitrogens with zero attached hydrogens (tertiary/aromatic N) is 3. The minimum absolute atomic E-state index is 0.0246. The molecule has 0 unspecified atom stereocenters. The van der Waals surface area contributed by atoms with Gasteiger partial charge in [0.25, 0.3) is 11.6 Å². The second-order valence-corrected chi connectivity index (χ2v) is 6.34. The number of hydrogen-bond donors (Lipinski definition) is 0. The molecule has 0 saturated heterocycles. The monoisotopic (exact) mass is 345 g/mol. The van der Waals surface area contributed by atoms with E-state index in [1.807, 2.05) is 0 Å². The first kappa shape index (κ1) is 15.7. The molecule has 2 aromatic rings. The van der Waals surface area contributed by atoms with Crippen LogP contribution in [0.3, 0.4) is 0 Å². The van der Waals surface area contributed by atoms with Crippen LogP contribution in [0.1, 0.15) is 15.2 Å². The van der Waals surface area contributed by atoms with E-state index >= 15 is 0 Å². The Kier molecular flexibility index (Phi) is 4.76. The van der Waals surface area contributed by atoms with Crippen molar-refractivity contribution in [1.29, 1.82) is 0 Å². The number of nitro groups is 1. The maximum Gasteiger partial charge on any atom is 0.300 e. The van der Waals surface area contributed by atoms with Crippen molar-refractivity contribution in [2.24, 2.45) is 0 Å². The predicted octanol–water partition coefficient (Wildman–Crippen LogP) is 3.63. The molecular weight excluding hydrogens is 337 g/mol. The zero-order valence-corrected chi connectivity index (χ0v) is 13.1. The summed E-state index contributed by atoms with van der Waals surface area (Å²) in [4.78, 5) is 28.5. The van der Waals surface area contributed by atoms with E-state index in [9.17, 15) is 14.9 Å². The van der Waals surface area contributed by atoms with Gasteiger partial charge >= 0.3 is 0 Å². The average molecular weight is 346 g/mol. The standard InChI is InChI=1S/C12H9Cl2N3O3S/c1-16(6-7-2-3-11(14)21-7)12(18)8-4-10(13)15-5-9(8)17(19)20/h2-5H,6H2,1H3. The van der Waals surface area contributed by atoms with Gasteiger partial charge in [-0.25, -0.2) is 4.98 Å². The molecule has 0 aromatic carbocycles. The van der Waals surface area contributed by atoms with Crippen LogP contribution in [0, 0.1) is 10.1 Å². The molecule has 1 amide bonds. The summed E-state index contributed by atoms with van der Waals surface area (Å²) in [6.45, 7) is 0.299. The van der Waals surface area contributed by atoms with E-state index in [2.05, 4.69) is 4.98 Å². The average Bonchev–Trinajstić information content (AvgIpc) is 2.82. The highest BCUT2D eigenvalue weighted by Gasteiger charge is 2.24. The Bertz CT molecular complexity index is 705. The second-order valence-electron chi connectivity index (χ2n) is 4.15. The predicted molar refractivity (Wildman–Crippen MR) is 81.0 cm³/mol. The molecule has 0 aliphatic carbocycles. The number of aromatic nitrogens is 1. The van der Waals surface area contributed by atoms with E-state index in [-0.39, 0.29) is 16.4 Å². The number of pyridine rings is 1. The summed E-state index contributed by atoms with van der Waals surface area (Å²) in [5.41, 5.74) is -0.467. The summed E-state index contributed by atoms with van der Waals surface area (Å²) >= 11 is 12.9. The third-order valence-electron chi connectivity index (χ3n) is 2.65. The van der Waals surface area contributed by atoms with Gasteiger partial charge in [0.15, 0.2) is 0 Å². The molecule has 0 aliphatic heterocycles. The molecule has 9 heteroatoms. The Morgan fingerprint density at radius 2 is 2.19 bits per heavy atom. The Labute approximate surface area is 134 Å². The van der Waals surface area contributed by atoms with Crippen molar-refractivity contribution < 1.29 is 9.72 Å². The second kappa shape index (κ2) is 6.38. The van der Waals surface area contributed by atoms with Crippen LogP contribution in [0.4, 0.5) is 5.69 Å². The van der Waals surface area contributed by atoms with Crippen molar-refractivity contribution in [2.45, 2.75) is 6.54 Å². The normalized spacial score (nSPS) is 10.4. The van der Waals surface area contributed by atoms with Crippen molar-refractivity contribution in [3.05, 3.63) is 54.4 Å². The first-order valence-corrected chi connectivity index (χ1v) is 7.25. The number of hydrogen-bond acceptors (Lipinski definition) is 5. The minimum Gasteiger partial charge on any atom is -0.336 e. The number of carbonyl (C=O) groups is 1. The highest BCUT2D eigenvalue weighted by atomic mass is 35.5. The lowest BCUT2D eigenvalue weighted by atomic mass is 10.2. The Balaban J connectivity index is 2.26. The van der Waals surface area contributed by atoms with E-state index < -0.39 is 10.8 Å². The molecule has 0 aliphatic rings. The third-order valence-corrected chi connectivity index (χ3v) is 4.07. The number of carbonyl (C=O) groups excluding carboxylic acids is 1. The lowest BCUT2D eigenvalue weighted by Crippen LogP contribution is -2.26. The van der Waals surface area contributed by atoms with Crippen LogP contribution in [0.15, 0.2) is 24.4 Å². The minimum atomic E-state index is -0.660. The molecule has 6 nitrogen and oxygen atoms in total. The Hall–Kier alpha value is -1.70. The molecule has 0 bridgehead atoms. The molecule has 0 spiro atoms. The van der Waals surface area contributed by atoms with Gasteiger partial charge in [-0.3, -0.25) is 14.9 Å². The summed E-state index contributed by atoms with van der Waals surface area (Å²) in [6, 6.07) is 4.72. The summed E-state index contributed by atoms with van der Waals surface area (Å²) in [5, 5.41) is 11.0. The van der Waals surface area contributed by atoms with E-state index in [0.29, 0.717) is 10.9 Å². The van der Waals surface area contributed by atoms with Gasteiger partial charge in [-0.1, -0.05) is 23.2 Å². The number of thiophene rings is 1. The van der Waals surface area contributed by atoms with Crippen LogP contribution in [0.2, 0.25) is 9.49 Å². The third kappa shape index (κ3) is 3.69. The van der Waals surface area contributed by atoms with Gasteiger partial charge in [0.1, 0.15) is 16.9 Å². The summed E-state index contributed by atoms with van der Waals surface area (Å²) in [6.07, 6.45) is 0.978. The van der Waals surface area contributed by atoms with Gasteiger partial charge in [0.05, 0.1) is 15.8 Å². The van der Waals surface area contributed by atoms with E-state index in [1.165, 1.54) is 22.3 Å². The first-order chi connectivity index (χ1) is 9.88. The lowest BCUT2D eigenvalue weighted by molar-refractivity contribution is -0.385. The zero-order valence-electron chi connectivity index (χ0n) is 10.7. The SMILES string of the molecule is CN(Cc1ccc(Cl)s1)C(=O)c1cc(Cl)ncc1[N+](=O)[O-]. The molecule has 21 heavy (non-hydrogen) atoms. The molecule has 2 aromatic heterocycles. The summed E-state index contributed by atoms with van der Waals surface area (Å²) in [7, 11) is 1.55. The van der Waals surface area contributed by atoms with E-state index in [4.69, 9.17) is 23.2 Å². The van der Waals surface area contributed by atoms with E-state index in [0.717, 1.165) is 11.1 Å². The molecule has 0 fully saturated rings. The molecule has 2 heterocycles. The van der Waals surface area contributed by atoms with Gasteiger partial charge in [0.2, 0.25) is 0 Å². The summed E-state index contributed by atoms with van der Waals surface area (Å²) < 4.78 is 0.615. The summed E-state index contributed by atoms with van der Waals surface area (Å²) in [5.74, 6) is -0.504. The van der Waals surface area contributed by atoms with Crippen molar-refractivity contribution in [3.63, 3.8) is 0 Å². The maximum absolute atomic E-state index is 12.3. The van der Waals surface area contributed by atoms with Gasteiger partial charge < -0.3 is 4.90 Å². The molecule has 0 radical (unpaired) electrons. The zero-order chi connectivity index (χ0) is 15.6. The molecule has 110 valence electrons. The fraction of sp³-hybridized carbons (Fsp3) is 0.167. The van der Waals surface area contributed by atoms with E-state index in [1.54, 1.807) is 19.2 Å². The van der Waals surface area contributed by atoms with Crippen LogP contribution >= 0.6 is 34.5 Å². The van der Waals surface area contributed by atoms with Crippen molar-refractivity contribution in [3.8, 4) is 0 Å². The Morgan fingerprint density at radius 1 is 1.48 bits per heavy atom.